The molecule has 94 valence electrons. The lowest BCUT2D eigenvalue weighted by atomic mass is 10.1. The molecule has 0 spiro atoms. The number of para-hydroxylation sites is 1. The minimum absolute atomic E-state index is 0.527. The lowest BCUT2D eigenvalue weighted by Crippen LogP contribution is -2.36. The zero-order chi connectivity index (χ0) is 12.4. The lowest BCUT2D eigenvalue weighted by molar-refractivity contribution is 0.264. The molecule has 1 saturated heterocycles. The van der Waals surface area contributed by atoms with E-state index in [1.165, 1.54) is 12.8 Å². The van der Waals surface area contributed by atoms with Crippen LogP contribution in [0.2, 0.25) is 0 Å². The monoisotopic (exact) mass is 242 g/mol. The third kappa shape index (κ3) is 2.29. The minimum Gasteiger partial charge on any atom is -0.367 e. The number of rotatable bonds is 2. The van der Waals surface area contributed by atoms with E-state index in [0.29, 0.717) is 6.04 Å². The third-order valence-corrected chi connectivity index (χ3v) is 3.60. The Bertz CT molecular complexity index is 527. The maximum atomic E-state index is 4.38. The van der Waals surface area contributed by atoms with Gasteiger partial charge in [-0.1, -0.05) is 12.1 Å². The Labute approximate surface area is 107 Å². The smallest absolute Gasteiger partial charge is 0.137 e. The van der Waals surface area contributed by atoms with E-state index in [2.05, 4.69) is 33.3 Å². The molecule has 18 heavy (non-hydrogen) atoms. The van der Waals surface area contributed by atoms with Crippen LogP contribution in [0.25, 0.3) is 10.9 Å². The van der Waals surface area contributed by atoms with Crippen LogP contribution in [0.1, 0.15) is 12.8 Å². The van der Waals surface area contributed by atoms with E-state index in [-0.39, 0.29) is 0 Å². The van der Waals surface area contributed by atoms with Crippen molar-refractivity contribution in [2.75, 3.05) is 25.5 Å². The average Bonchev–Trinajstić information content (AvgIpc) is 2.42. The number of nitrogens with zero attached hydrogens (tertiary/aromatic N) is 3. The second-order valence-electron chi connectivity index (χ2n) is 4.96. The second-order valence-corrected chi connectivity index (χ2v) is 4.96. The highest BCUT2D eigenvalue weighted by atomic mass is 15.1. The number of likely N-dealkylation sites (tertiary alicyclic amines) is 1. The molecule has 1 aromatic heterocycles. The van der Waals surface area contributed by atoms with Gasteiger partial charge in [0.15, 0.2) is 0 Å². The predicted molar refractivity (Wildman–Crippen MR) is 73.7 cm³/mol. The molecule has 0 amide bonds. The first kappa shape index (κ1) is 11.4. The molecule has 1 aliphatic heterocycles. The van der Waals surface area contributed by atoms with Gasteiger partial charge in [-0.25, -0.2) is 9.97 Å². The van der Waals surface area contributed by atoms with Crippen molar-refractivity contribution >= 4 is 16.7 Å². The molecule has 0 radical (unpaired) electrons. The number of piperidine rings is 1. The summed E-state index contributed by atoms with van der Waals surface area (Å²) in [5.74, 6) is 0.968. The van der Waals surface area contributed by atoms with Gasteiger partial charge in [-0.05, 0) is 45.1 Å². The van der Waals surface area contributed by atoms with E-state index in [0.717, 1.165) is 29.8 Å². The van der Waals surface area contributed by atoms with Crippen molar-refractivity contribution < 1.29 is 0 Å². The van der Waals surface area contributed by atoms with E-state index >= 15 is 0 Å². The SMILES string of the molecule is CN1CCC(Nc2ncnc3ccccc23)CC1. The summed E-state index contributed by atoms with van der Waals surface area (Å²) in [6.07, 6.45) is 3.99. The summed E-state index contributed by atoms with van der Waals surface area (Å²) in [4.78, 5) is 11.0. The van der Waals surface area contributed by atoms with Gasteiger partial charge in [-0.3, -0.25) is 0 Å². The molecule has 0 saturated carbocycles. The Morgan fingerprint density at radius 2 is 1.94 bits per heavy atom. The van der Waals surface area contributed by atoms with Crippen LogP contribution in [0.15, 0.2) is 30.6 Å². The van der Waals surface area contributed by atoms with Crippen LogP contribution in [0.5, 0.6) is 0 Å². The van der Waals surface area contributed by atoms with Gasteiger partial charge >= 0.3 is 0 Å². The Morgan fingerprint density at radius 3 is 2.78 bits per heavy atom. The van der Waals surface area contributed by atoms with Crippen LogP contribution in [-0.4, -0.2) is 41.0 Å². The molecule has 0 unspecified atom stereocenters. The standard InChI is InChI=1S/C14H18N4/c1-18-8-6-11(7-9-18)17-14-12-4-2-3-5-13(12)15-10-16-14/h2-5,10-11H,6-9H2,1H3,(H,15,16,17). The van der Waals surface area contributed by atoms with Gasteiger partial charge < -0.3 is 10.2 Å². The van der Waals surface area contributed by atoms with Crippen LogP contribution >= 0.6 is 0 Å². The zero-order valence-corrected chi connectivity index (χ0v) is 10.6. The molecule has 4 heteroatoms. The fourth-order valence-electron chi connectivity index (χ4n) is 2.47. The molecule has 1 aliphatic rings. The van der Waals surface area contributed by atoms with Crippen molar-refractivity contribution in [3.63, 3.8) is 0 Å². The number of aromatic nitrogens is 2. The van der Waals surface area contributed by atoms with Crippen LogP contribution in [-0.2, 0) is 0 Å². The van der Waals surface area contributed by atoms with Crippen LogP contribution in [0, 0.1) is 0 Å². The van der Waals surface area contributed by atoms with Gasteiger partial charge in [0.1, 0.15) is 12.1 Å². The average molecular weight is 242 g/mol. The molecule has 0 atom stereocenters. The molecule has 0 bridgehead atoms. The van der Waals surface area contributed by atoms with Gasteiger partial charge in [0, 0.05) is 11.4 Å². The zero-order valence-electron chi connectivity index (χ0n) is 10.6. The van der Waals surface area contributed by atoms with Crippen molar-refractivity contribution in [2.45, 2.75) is 18.9 Å². The molecule has 1 aromatic carbocycles. The normalized spacial score (nSPS) is 18.1. The Morgan fingerprint density at radius 1 is 1.17 bits per heavy atom. The first-order valence-electron chi connectivity index (χ1n) is 6.48. The highest BCUT2D eigenvalue weighted by Crippen LogP contribution is 2.21. The summed E-state index contributed by atoms with van der Waals surface area (Å²) < 4.78 is 0. The molecular formula is C14H18N4. The van der Waals surface area contributed by atoms with E-state index in [9.17, 15) is 0 Å². The van der Waals surface area contributed by atoms with Crippen molar-refractivity contribution in [1.82, 2.24) is 14.9 Å². The summed E-state index contributed by atoms with van der Waals surface area (Å²) in [7, 11) is 2.18. The predicted octanol–water partition coefficient (Wildman–Crippen LogP) is 2.14. The number of nitrogens with one attached hydrogen (secondary N) is 1. The maximum absolute atomic E-state index is 4.38. The molecular weight excluding hydrogens is 224 g/mol. The van der Waals surface area contributed by atoms with E-state index < -0.39 is 0 Å². The summed E-state index contributed by atoms with van der Waals surface area (Å²) in [6.45, 7) is 2.31. The number of hydrogen-bond acceptors (Lipinski definition) is 4. The minimum atomic E-state index is 0.527. The second kappa shape index (κ2) is 4.90. The summed E-state index contributed by atoms with van der Waals surface area (Å²) >= 11 is 0. The first-order valence-corrected chi connectivity index (χ1v) is 6.48. The van der Waals surface area contributed by atoms with Gasteiger partial charge in [0.25, 0.3) is 0 Å². The van der Waals surface area contributed by atoms with Crippen LogP contribution < -0.4 is 5.32 Å². The van der Waals surface area contributed by atoms with Gasteiger partial charge in [-0.2, -0.15) is 0 Å². The topological polar surface area (TPSA) is 41.0 Å². The van der Waals surface area contributed by atoms with Crippen molar-refractivity contribution in [3.8, 4) is 0 Å². The molecule has 1 N–H and O–H groups in total. The highest BCUT2D eigenvalue weighted by molar-refractivity contribution is 5.88. The van der Waals surface area contributed by atoms with Gasteiger partial charge in [0.05, 0.1) is 5.52 Å². The van der Waals surface area contributed by atoms with Crippen molar-refractivity contribution in [3.05, 3.63) is 30.6 Å². The molecule has 3 rings (SSSR count). The highest BCUT2D eigenvalue weighted by Gasteiger charge is 2.17. The Balaban J connectivity index is 1.82. The van der Waals surface area contributed by atoms with E-state index in [4.69, 9.17) is 0 Å². The Kier molecular flexibility index (Phi) is 3.11. The summed E-state index contributed by atoms with van der Waals surface area (Å²) in [5.41, 5.74) is 1.00. The lowest BCUT2D eigenvalue weighted by Gasteiger charge is -2.30. The largest absolute Gasteiger partial charge is 0.367 e. The number of hydrogen-bond donors (Lipinski definition) is 1. The molecule has 2 heterocycles. The summed E-state index contributed by atoms with van der Waals surface area (Å²) in [6, 6.07) is 8.67. The molecule has 2 aromatic rings. The Hall–Kier alpha value is -1.68. The van der Waals surface area contributed by atoms with Gasteiger partial charge in [-0.15, -0.1) is 0 Å². The van der Waals surface area contributed by atoms with Gasteiger partial charge in [0.2, 0.25) is 0 Å². The fourth-order valence-corrected chi connectivity index (χ4v) is 2.47. The van der Waals surface area contributed by atoms with Crippen molar-refractivity contribution in [2.24, 2.45) is 0 Å². The molecule has 1 fully saturated rings. The molecule has 4 nitrogen and oxygen atoms in total. The van der Waals surface area contributed by atoms with Crippen LogP contribution in [0.4, 0.5) is 5.82 Å². The molecule has 0 aliphatic carbocycles. The third-order valence-electron chi connectivity index (χ3n) is 3.60. The number of benzene rings is 1. The number of fused-ring (bicyclic) bond motifs is 1. The van der Waals surface area contributed by atoms with E-state index in [1.807, 2.05) is 18.2 Å². The first-order chi connectivity index (χ1) is 8.83. The van der Waals surface area contributed by atoms with Crippen LogP contribution in [0.3, 0.4) is 0 Å². The van der Waals surface area contributed by atoms with E-state index in [1.54, 1.807) is 6.33 Å². The fraction of sp³-hybridized carbons (Fsp3) is 0.429. The quantitative estimate of drug-likeness (QED) is 0.876. The maximum Gasteiger partial charge on any atom is 0.137 e. The number of anilines is 1. The summed E-state index contributed by atoms with van der Waals surface area (Å²) in [5, 5.41) is 4.68. The van der Waals surface area contributed by atoms with Crippen molar-refractivity contribution in [1.29, 1.82) is 0 Å².